The summed E-state index contributed by atoms with van der Waals surface area (Å²) in [5, 5.41) is 5.84. The number of para-hydroxylation sites is 1. The van der Waals surface area contributed by atoms with Crippen LogP contribution in [0.2, 0.25) is 4.34 Å². The molecule has 0 saturated heterocycles. The second-order valence-corrected chi connectivity index (χ2v) is 7.75. The van der Waals surface area contributed by atoms with Crippen LogP contribution in [-0.2, 0) is 6.54 Å². The third-order valence-corrected chi connectivity index (χ3v) is 5.54. The van der Waals surface area contributed by atoms with Gasteiger partial charge >= 0.3 is 0 Å². The zero-order valence-electron chi connectivity index (χ0n) is 14.2. The van der Waals surface area contributed by atoms with Gasteiger partial charge in [0, 0.05) is 18.1 Å². The Morgan fingerprint density at radius 2 is 1.88 bits per heavy atom. The third kappa shape index (κ3) is 3.26. The number of benzene rings is 2. The zero-order chi connectivity index (χ0) is 18.1. The van der Waals surface area contributed by atoms with Gasteiger partial charge in [-0.05, 0) is 30.0 Å². The molecule has 1 amide bonds. The first kappa shape index (κ1) is 16.9. The van der Waals surface area contributed by atoms with E-state index >= 15 is 0 Å². The normalized spacial score (nSPS) is 11.0. The molecule has 0 aliphatic carbocycles. The molecule has 0 saturated carbocycles. The smallest absolute Gasteiger partial charge is 0.258 e. The van der Waals surface area contributed by atoms with Crippen LogP contribution in [0.3, 0.4) is 0 Å². The molecule has 130 valence electrons. The second kappa shape index (κ2) is 6.98. The van der Waals surface area contributed by atoms with Crippen molar-refractivity contribution >= 4 is 45.4 Å². The summed E-state index contributed by atoms with van der Waals surface area (Å²) in [6.07, 6.45) is 1.99. The molecule has 5 heteroatoms. The minimum atomic E-state index is -0.186. The van der Waals surface area contributed by atoms with E-state index in [1.54, 1.807) is 6.07 Å². The highest BCUT2D eigenvalue weighted by atomic mass is 35.5. The molecule has 0 radical (unpaired) electrons. The Balaban J connectivity index is 1.68. The molecule has 0 aliphatic heterocycles. The lowest BCUT2D eigenvalue weighted by atomic mass is 10.1. The van der Waals surface area contributed by atoms with Gasteiger partial charge in [-0.25, -0.2) is 0 Å². The molecule has 0 spiro atoms. The van der Waals surface area contributed by atoms with Crippen molar-refractivity contribution in [2.75, 3.05) is 5.32 Å². The Kier molecular flexibility index (Phi) is 4.53. The molecular formula is C21H17ClN2OS. The molecule has 2 aromatic heterocycles. The number of carbonyl (C=O) groups is 1. The number of hydrogen-bond acceptors (Lipinski definition) is 2. The van der Waals surface area contributed by atoms with E-state index in [0.717, 1.165) is 23.1 Å². The third-order valence-electron chi connectivity index (χ3n) is 4.37. The van der Waals surface area contributed by atoms with E-state index in [2.05, 4.69) is 47.1 Å². The molecule has 4 rings (SSSR count). The Bertz CT molecular complexity index is 1080. The topological polar surface area (TPSA) is 34.0 Å². The van der Waals surface area contributed by atoms with Gasteiger partial charge in [0.1, 0.15) is 4.34 Å². The molecule has 1 N–H and O–H groups in total. The summed E-state index contributed by atoms with van der Waals surface area (Å²) in [5.74, 6) is -0.186. The van der Waals surface area contributed by atoms with Crippen LogP contribution < -0.4 is 5.32 Å². The minimum absolute atomic E-state index is 0.186. The first-order valence-corrected chi connectivity index (χ1v) is 9.55. The van der Waals surface area contributed by atoms with Gasteiger partial charge in [0.2, 0.25) is 0 Å². The van der Waals surface area contributed by atoms with Crippen molar-refractivity contribution in [1.82, 2.24) is 4.57 Å². The van der Waals surface area contributed by atoms with Crippen molar-refractivity contribution in [2.24, 2.45) is 0 Å². The molecule has 0 fully saturated rings. The number of fused-ring (bicyclic) bond motifs is 1. The summed E-state index contributed by atoms with van der Waals surface area (Å²) in [4.78, 5) is 12.5. The number of rotatable bonds is 4. The molecule has 2 aromatic carbocycles. The van der Waals surface area contributed by atoms with Gasteiger partial charge in [-0.3, -0.25) is 4.79 Å². The van der Waals surface area contributed by atoms with Gasteiger partial charge in [0.25, 0.3) is 5.91 Å². The van der Waals surface area contributed by atoms with Crippen molar-refractivity contribution < 1.29 is 4.79 Å². The zero-order valence-corrected chi connectivity index (χ0v) is 15.8. The average molecular weight is 381 g/mol. The number of amides is 1. The lowest BCUT2D eigenvalue weighted by molar-refractivity contribution is 0.102. The monoisotopic (exact) mass is 380 g/mol. The van der Waals surface area contributed by atoms with Gasteiger partial charge in [-0.1, -0.05) is 59.6 Å². The molecule has 4 aromatic rings. The Morgan fingerprint density at radius 3 is 2.62 bits per heavy atom. The van der Waals surface area contributed by atoms with Crippen LogP contribution in [0.1, 0.15) is 21.5 Å². The van der Waals surface area contributed by atoms with Crippen molar-refractivity contribution in [2.45, 2.75) is 13.5 Å². The molecule has 0 unspecified atom stereocenters. The predicted octanol–water partition coefficient (Wildman–Crippen LogP) is 5.97. The van der Waals surface area contributed by atoms with Crippen LogP contribution in [0.25, 0.3) is 10.9 Å². The number of hydrogen-bond donors (Lipinski definition) is 1. The maximum atomic E-state index is 12.5. The first-order chi connectivity index (χ1) is 12.6. The van der Waals surface area contributed by atoms with Gasteiger partial charge < -0.3 is 9.88 Å². The quantitative estimate of drug-likeness (QED) is 0.465. The second-order valence-electron chi connectivity index (χ2n) is 6.24. The van der Waals surface area contributed by atoms with Crippen LogP contribution >= 0.6 is 22.9 Å². The summed E-state index contributed by atoms with van der Waals surface area (Å²) >= 11 is 7.45. The largest absolute Gasteiger partial charge is 0.341 e. The number of aryl methyl sites for hydroxylation is 1. The fourth-order valence-electron chi connectivity index (χ4n) is 3.01. The standard InChI is InChI=1S/C21H17ClN2OS/c1-14-6-8-15(9-7-14)12-24-13-18(16-4-2-3-5-19(16)24)23-21(25)17-10-11-26-20(17)22/h2-11,13H,12H2,1H3,(H,23,25). The predicted molar refractivity (Wildman–Crippen MR) is 110 cm³/mol. The molecule has 0 bridgehead atoms. The van der Waals surface area contributed by atoms with Crippen molar-refractivity contribution in [3.05, 3.63) is 87.2 Å². The fourth-order valence-corrected chi connectivity index (χ4v) is 3.93. The number of anilines is 1. The van der Waals surface area contributed by atoms with E-state index in [1.165, 1.54) is 22.5 Å². The lowest BCUT2D eigenvalue weighted by Crippen LogP contribution is -2.11. The van der Waals surface area contributed by atoms with E-state index in [0.29, 0.717) is 9.90 Å². The molecule has 3 nitrogen and oxygen atoms in total. The van der Waals surface area contributed by atoms with Gasteiger partial charge in [0.05, 0.1) is 16.8 Å². The van der Waals surface area contributed by atoms with Crippen LogP contribution in [0, 0.1) is 6.92 Å². The number of nitrogens with zero attached hydrogens (tertiary/aromatic N) is 1. The van der Waals surface area contributed by atoms with E-state index in [1.807, 2.05) is 29.8 Å². The first-order valence-electron chi connectivity index (χ1n) is 8.29. The SMILES string of the molecule is Cc1ccc(Cn2cc(NC(=O)c3ccsc3Cl)c3ccccc32)cc1. The summed E-state index contributed by atoms with van der Waals surface area (Å²) in [6.45, 7) is 2.83. The highest BCUT2D eigenvalue weighted by molar-refractivity contribution is 7.14. The Hall–Kier alpha value is -2.56. The van der Waals surface area contributed by atoms with Crippen LogP contribution in [0.15, 0.2) is 66.2 Å². The van der Waals surface area contributed by atoms with E-state index < -0.39 is 0 Å². The summed E-state index contributed by atoms with van der Waals surface area (Å²) < 4.78 is 2.66. The minimum Gasteiger partial charge on any atom is -0.341 e. The average Bonchev–Trinajstić information content (AvgIpc) is 3.22. The number of nitrogens with one attached hydrogen (secondary N) is 1. The Morgan fingerprint density at radius 1 is 1.12 bits per heavy atom. The fraction of sp³-hybridized carbons (Fsp3) is 0.0952. The number of halogens is 1. The summed E-state index contributed by atoms with van der Waals surface area (Å²) in [6, 6.07) is 18.3. The van der Waals surface area contributed by atoms with Gasteiger partial charge in [-0.15, -0.1) is 11.3 Å². The number of thiophene rings is 1. The molecule has 0 atom stereocenters. The molecular weight excluding hydrogens is 364 g/mol. The Labute approximate surface area is 160 Å². The number of carbonyl (C=O) groups excluding carboxylic acids is 1. The van der Waals surface area contributed by atoms with Crippen molar-refractivity contribution in [3.8, 4) is 0 Å². The van der Waals surface area contributed by atoms with Gasteiger partial charge in [0.15, 0.2) is 0 Å². The van der Waals surface area contributed by atoms with E-state index in [9.17, 15) is 4.79 Å². The maximum absolute atomic E-state index is 12.5. The van der Waals surface area contributed by atoms with E-state index in [-0.39, 0.29) is 5.91 Å². The summed E-state index contributed by atoms with van der Waals surface area (Å²) in [5.41, 5.74) is 4.84. The molecule has 26 heavy (non-hydrogen) atoms. The number of aromatic nitrogens is 1. The van der Waals surface area contributed by atoms with Crippen LogP contribution in [0.5, 0.6) is 0 Å². The van der Waals surface area contributed by atoms with Crippen molar-refractivity contribution in [1.29, 1.82) is 0 Å². The maximum Gasteiger partial charge on any atom is 0.258 e. The lowest BCUT2D eigenvalue weighted by Gasteiger charge is -2.06. The molecule has 2 heterocycles. The van der Waals surface area contributed by atoms with Gasteiger partial charge in [-0.2, -0.15) is 0 Å². The van der Waals surface area contributed by atoms with Crippen LogP contribution in [-0.4, -0.2) is 10.5 Å². The highest BCUT2D eigenvalue weighted by Crippen LogP contribution is 2.29. The van der Waals surface area contributed by atoms with Crippen molar-refractivity contribution in [3.63, 3.8) is 0 Å². The highest BCUT2D eigenvalue weighted by Gasteiger charge is 2.15. The van der Waals surface area contributed by atoms with E-state index in [4.69, 9.17) is 11.6 Å². The van der Waals surface area contributed by atoms with Crippen LogP contribution in [0.4, 0.5) is 5.69 Å². The summed E-state index contributed by atoms with van der Waals surface area (Å²) in [7, 11) is 0. The molecule has 0 aliphatic rings.